The van der Waals surface area contributed by atoms with Crippen molar-refractivity contribution in [3.8, 4) is 0 Å². The van der Waals surface area contributed by atoms with E-state index in [1.165, 1.54) is 19.4 Å². The van der Waals surface area contributed by atoms with Gasteiger partial charge in [-0.2, -0.15) is 0 Å². The van der Waals surface area contributed by atoms with Crippen LogP contribution >= 0.6 is 0 Å². The predicted molar refractivity (Wildman–Crippen MR) is 58.6 cm³/mol. The second-order valence-electron chi connectivity index (χ2n) is 3.86. The molecule has 3 heteroatoms. The summed E-state index contributed by atoms with van der Waals surface area (Å²) in [7, 11) is 0. The molecule has 0 radical (unpaired) electrons. The molecule has 0 saturated heterocycles. The molecule has 1 aliphatic carbocycles. The van der Waals surface area contributed by atoms with E-state index >= 15 is 0 Å². The lowest BCUT2D eigenvalue weighted by molar-refractivity contribution is -0.122. The van der Waals surface area contributed by atoms with Crippen LogP contribution in [-0.4, -0.2) is 17.3 Å². The van der Waals surface area contributed by atoms with Crippen LogP contribution in [0.4, 0.5) is 0 Å². The molecule has 0 bridgehead atoms. The summed E-state index contributed by atoms with van der Waals surface area (Å²) in [6, 6.07) is 0. The highest BCUT2D eigenvalue weighted by atomic mass is 16.1. The van der Waals surface area contributed by atoms with Crippen molar-refractivity contribution in [1.82, 2.24) is 0 Å². The van der Waals surface area contributed by atoms with Gasteiger partial charge in [0, 0.05) is 19.3 Å². The van der Waals surface area contributed by atoms with Crippen molar-refractivity contribution in [2.75, 3.05) is 0 Å². The first kappa shape index (κ1) is 13.8. The molecule has 0 aromatic rings. The normalized spacial score (nSPS) is 14.1. The predicted octanol–water partition coefficient (Wildman–Crippen LogP) is 2.24. The van der Waals surface area contributed by atoms with Crippen molar-refractivity contribution in [2.45, 2.75) is 46.5 Å². The first-order valence-corrected chi connectivity index (χ1v) is 5.10. The molecule has 0 saturated carbocycles. The SMILES string of the molecule is CC(=O)CCC(C)=O.CC1=CC(=O)CC1. The zero-order chi connectivity index (χ0) is 11.8. The van der Waals surface area contributed by atoms with Gasteiger partial charge in [-0.3, -0.25) is 4.79 Å². The number of allylic oxidation sites excluding steroid dienone is 2. The van der Waals surface area contributed by atoms with Gasteiger partial charge in [-0.1, -0.05) is 5.57 Å². The van der Waals surface area contributed by atoms with Gasteiger partial charge in [0.15, 0.2) is 5.78 Å². The number of hydrogen-bond acceptors (Lipinski definition) is 3. The van der Waals surface area contributed by atoms with E-state index in [-0.39, 0.29) is 17.3 Å². The van der Waals surface area contributed by atoms with Gasteiger partial charge in [0.05, 0.1) is 0 Å². The molecule has 3 nitrogen and oxygen atoms in total. The maximum atomic E-state index is 10.4. The first-order valence-electron chi connectivity index (χ1n) is 5.10. The molecular formula is C12H18O3. The lowest BCUT2D eigenvalue weighted by Crippen LogP contribution is -1.95. The van der Waals surface area contributed by atoms with Crippen molar-refractivity contribution >= 4 is 17.3 Å². The van der Waals surface area contributed by atoms with E-state index < -0.39 is 0 Å². The van der Waals surface area contributed by atoms with E-state index in [4.69, 9.17) is 0 Å². The fourth-order valence-electron chi connectivity index (χ4n) is 1.09. The van der Waals surface area contributed by atoms with Crippen LogP contribution in [-0.2, 0) is 14.4 Å². The molecule has 0 spiro atoms. The Morgan fingerprint density at radius 1 is 1.13 bits per heavy atom. The average molecular weight is 210 g/mol. The number of rotatable bonds is 3. The second kappa shape index (κ2) is 7.10. The molecule has 84 valence electrons. The summed E-state index contributed by atoms with van der Waals surface area (Å²) in [5, 5.41) is 0. The van der Waals surface area contributed by atoms with E-state index in [2.05, 4.69) is 0 Å². The Balaban J connectivity index is 0.000000262. The lowest BCUT2D eigenvalue weighted by Gasteiger charge is -1.86. The molecular weight excluding hydrogens is 192 g/mol. The Hall–Kier alpha value is -1.25. The van der Waals surface area contributed by atoms with Crippen LogP contribution in [0.15, 0.2) is 11.6 Å². The maximum Gasteiger partial charge on any atom is 0.155 e. The molecule has 0 fully saturated rings. The third-order valence-electron chi connectivity index (χ3n) is 2.00. The van der Waals surface area contributed by atoms with Crippen molar-refractivity contribution < 1.29 is 14.4 Å². The molecule has 0 N–H and O–H groups in total. The first-order chi connectivity index (χ1) is 6.91. The highest BCUT2D eigenvalue weighted by Gasteiger charge is 2.05. The average Bonchev–Trinajstić information content (AvgIpc) is 2.47. The Morgan fingerprint density at radius 3 is 1.73 bits per heavy atom. The largest absolute Gasteiger partial charge is 0.300 e. The molecule has 1 rings (SSSR count). The standard InChI is InChI=1S/C6H10O2.C6H8O/c1-5(7)3-4-6(2)8;1-5-2-3-6(7)4-5/h3-4H2,1-2H3;4H,2-3H2,1H3. The van der Waals surface area contributed by atoms with Gasteiger partial charge in [-0.05, 0) is 33.3 Å². The van der Waals surface area contributed by atoms with E-state index in [1.54, 1.807) is 6.08 Å². The van der Waals surface area contributed by atoms with Crippen molar-refractivity contribution in [2.24, 2.45) is 0 Å². The summed E-state index contributed by atoms with van der Waals surface area (Å²) in [4.78, 5) is 30.8. The molecule has 0 heterocycles. The minimum Gasteiger partial charge on any atom is -0.300 e. The Morgan fingerprint density at radius 2 is 1.60 bits per heavy atom. The Labute approximate surface area is 90.5 Å². The number of Topliss-reactive ketones (excluding diaryl/α,β-unsaturated/α-hetero) is 2. The van der Waals surface area contributed by atoms with E-state index in [0.717, 1.165) is 12.8 Å². The van der Waals surface area contributed by atoms with E-state index in [9.17, 15) is 14.4 Å². The zero-order valence-electron chi connectivity index (χ0n) is 9.63. The quantitative estimate of drug-likeness (QED) is 0.717. The van der Waals surface area contributed by atoms with Crippen molar-refractivity contribution in [1.29, 1.82) is 0 Å². The molecule has 0 aliphatic heterocycles. The van der Waals surface area contributed by atoms with Crippen molar-refractivity contribution in [3.63, 3.8) is 0 Å². The van der Waals surface area contributed by atoms with E-state index in [1.807, 2.05) is 6.92 Å². The molecule has 0 unspecified atom stereocenters. The second-order valence-corrected chi connectivity index (χ2v) is 3.86. The summed E-state index contributed by atoms with van der Waals surface area (Å²) < 4.78 is 0. The third kappa shape index (κ3) is 9.06. The summed E-state index contributed by atoms with van der Waals surface area (Å²) in [5.41, 5.74) is 1.23. The van der Waals surface area contributed by atoms with Gasteiger partial charge in [0.1, 0.15) is 11.6 Å². The van der Waals surface area contributed by atoms with Gasteiger partial charge in [-0.15, -0.1) is 0 Å². The minimum absolute atomic E-state index is 0.0835. The number of ketones is 3. The van der Waals surface area contributed by atoms with Crippen molar-refractivity contribution in [3.05, 3.63) is 11.6 Å². The zero-order valence-corrected chi connectivity index (χ0v) is 9.63. The summed E-state index contributed by atoms with van der Waals surface area (Å²) >= 11 is 0. The molecule has 0 aromatic carbocycles. The topological polar surface area (TPSA) is 51.2 Å². The van der Waals surface area contributed by atoms with E-state index in [0.29, 0.717) is 12.8 Å². The smallest absolute Gasteiger partial charge is 0.155 e. The van der Waals surface area contributed by atoms with Gasteiger partial charge in [0.2, 0.25) is 0 Å². The van der Waals surface area contributed by atoms with Crippen LogP contribution in [0.3, 0.4) is 0 Å². The van der Waals surface area contributed by atoms with Gasteiger partial charge in [-0.25, -0.2) is 0 Å². The molecule has 1 aliphatic rings. The van der Waals surface area contributed by atoms with Crippen LogP contribution in [0.25, 0.3) is 0 Å². The minimum atomic E-state index is 0.0835. The van der Waals surface area contributed by atoms with Gasteiger partial charge in [0.25, 0.3) is 0 Å². The lowest BCUT2D eigenvalue weighted by atomic mass is 10.2. The van der Waals surface area contributed by atoms with Crippen LogP contribution in [0.1, 0.15) is 46.5 Å². The van der Waals surface area contributed by atoms with Gasteiger partial charge >= 0.3 is 0 Å². The third-order valence-corrected chi connectivity index (χ3v) is 2.00. The highest BCUT2D eigenvalue weighted by molar-refractivity contribution is 5.92. The Bertz CT molecular complexity index is 273. The van der Waals surface area contributed by atoms with Crippen LogP contribution in [0.5, 0.6) is 0 Å². The van der Waals surface area contributed by atoms with Gasteiger partial charge < -0.3 is 9.59 Å². The highest BCUT2D eigenvalue weighted by Crippen LogP contribution is 2.12. The number of carbonyl (C=O) groups is 3. The van der Waals surface area contributed by atoms with Crippen LogP contribution in [0, 0.1) is 0 Å². The van der Waals surface area contributed by atoms with Crippen LogP contribution in [0.2, 0.25) is 0 Å². The summed E-state index contributed by atoms with van der Waals surface area (Å²) in [6.45, 7) is 4.97. The Kier molecular flexibility index (Phi) is 6.50. The fraction of sp³-hybridized carbons (Fsp3) is 0.583. The van der Waals surface area contributed by atoms with Crippen LogP contribution < -0.4 is 0 Å². The summed E-state index contributed by atoms with van der Waals surface area (Å²) in [5.74, 6) is 0.456. The fourth-order valence-corrected chi connectivity index (χ4v) is 1.09. The maximum absolute atomic E-state index is 10.4. The number of carbonyl (C=O) groups excluding carboxylic acids is 3. The molecule has 0 atom stereocenters. The number of hydrogen-bond donors (Lipinski definition) is 0. The monoisotopic (exact) mass is 210 g/mol. The molecule has 0 amide bonds. The summed E-state index contributed by atoms with van der Waals surface area (Å²) in [6.07, 6.45) is 4.25. The molecule has 15 heavy (non-hydrogen) atoms. The molecule has 0 aromatic heterocycles.